The van der Waals surface area contributed by atoms with Crippen LogP contribution in [0.3, 0.4) is 0 Å². The normalized spacial score (nSPS) is 10.9. The molecule has 0 aliphatic carbocycles. The van der Waals surface area contributed by atoms with Crippen LogP contribution in [-0.2, 0) is 10.3 Å². The van der Waals surface area contributed by atoms with Gasteiger partial charge in [-0.1, -0.05) is 0 Å². The summed E-state index contributed by atoms with van der Waals surface area (Å²) in [5, 5.41) is 0. The Labute approximate surface area is 76.2 Å². The van der Waals surface area contributed by atoms with Crippen molar-refractivity contribution in [3.8, 4) is 5.75 Å². The molecule has 0 radical (unpaired) electrons. The Morgan fingerprint density at radius 2 is 1.85 bits per heavy atom. The molecule has 0 saturated carbocycles. The van der Waals surface area contributed by atoms with E-state index in [4.69, 9.17) is 9.29 Å². The summed E-state index contributed by atoms with van der Waals surface area (Å²) in [6, 6.07) is 6.11. The van der Waals surface area contributed by atoms with Gasteiger partial charge in [0.05, 0.1) is 12.8 Å². The van der Waals surface area contributed by atoms with Gasteiger partial charge in [0.15, 0.2) is 0 Å². The van der Waals surface area contributed by atoms with Gasteiger partial charge in [0.1, 0.15) is 5.75 Å². The maximum Gasteiger partial charge on any atom is 0.357 e. The fraction of sp³-hybridized carbons (Fsp3) is 0.143. The molecule has 0 unspecified atom stereocenters. The number of hydrogen-bond acceptors (Lipinski definition) is 3. The predicted molar refractivity (Wildman–Crippen MR) is 48.2 cm³/mol. The second-order valence-electron chi connectivity index (χ2n) is 2.31. The van der Waals surface area contributed by atoms with Crippen molar-refractivity contribution in [3.05, 3.63) is 24.3 Å². The summed E-state index contributed by atoms with van der Waals surface area (Å²) in [5.74, 6) is 0.612. The molecule has 5 nitrogen and oxygen atoms in total. The summed E-state index contributed by atoms with van der Waals surface area (Å²) >= 11 is 0. The van der Waals surface area contributed by atoms with E-state index in [1.807, 2.05) is 4.72 Å². The molecule has 0 fully saturated rings. The molecule has 2 N–H and O–H groups in total. The first-order chi connectivity index (χ1) is 6.01. The number of hydrogen-bond donors (Lipinski definition) is 2. The zero-order valence-electron chi connectivity index (χ0n) is 6.89. The summed E-state index contributed by atoms with van der Waals surface area (Å²) < 4.78 is 35.9. The van der Waals surface area contributed by atoms with Gasteiger partial charge in [-0.3, -0.25) is 9.27 Å². The van der Waals surface area contributed by atoms with E-state index < -0.39 is 10.3 Å². The van der Waals surface area contributed by atoms with E-state index in [1.54, 1.807) is 12.1 Å². The Bertz CT molecular complexity index is 370. The molecule has 0 aromatic heterocycles. The molecule has 0 bridgehead atoms. The lowest BCUT2D eigenvalue weighted by Crippen LogP contribution is -2.09. The molecule has 0 spiro atoms. The number of methoxy groups -OCH3 is 1. The minimum absolute atomic E-state index is 0.281. The Morgan fingerprint density at radius 1 is 1.31 bits per heavy atom. The molecule has 0 amide bonds. The van der Waals surface area contributed by atoms with Gasteiger partial charge in [0, 0.05) is 0 Å². The highest BCUT2D eigenvalue weighted by atomic mass is 32.2. The van der Waals surface area contributed by atoms with Crippen molar-refractivity contribution in [2.75, 3.05) is 11.8 Å². The van der Waals surface area contributed by atoms with Crippen LogP contribution in [0.1, 0.15) is 0 Å². The molecular weight excluding hydrogens is 194 g/mol. The van der Waals surface area contributed by atoms with Gasteiger partial charge in [0.2, 0.25) is 0 Å². The first-order valence-corrected chi connectivity index (χ1v) is 4.84. The smallest absolute Gasteiger partial charge is 0.357 e. The van der Waals surface area contributed by atoms with Crippen LogP contribution < -0.4 is 9.46 Å². The number of anilines is 1. The van der Waals surface area contributed by atoms with Gasteiger partial charge < -0.3 is 4.74 Å². The standard InChI is InChI=1S/C7H9NO4S/c1-12-7-4-2-6(3-5-7)8-13(9,10)11/h2-5,8H,1H3,(H,9,10,11). The van der Waals surface area contributed by atoms with E-state index >= 15 is 0 Å². The fourth-order valence-electron chi connectivity index (χ4n) is 0.808. The van der Waals surface area contributed by atoms with E-state index in [1.165, 1.54) is 19.2 Å². The molecule has 0 aliphatic rings. The monoisotopic (exact) mass is 203 g/mol. The van der Waals surface area contributed by atoms with Crippen LogP contribution in [0.2, 0.25) is 0 Å². The number of benzene rings is 1. The highest BCUT2D eigenvalue weighted by molar-refractivity contribution is 7.87. The fourth-order valence-corrected chi connectivity index (χ4v) is 1.24. The average Bonchev–Trinajstić information content (AvgIpc) is 2.03. The van der Waals surface area contributed by atoms with Gasteiger partial charge in [-0.25, -0.2) is 0 Å². The third kappa shape index (κ3) is 3.30. The van der Waals surface area contributed by atoms with Crippen molar-refractivity contribution in [1.82, 2.24) is 0 Å². The second-order valence-corrected chi connectivity index (χ2v) is 3.46. The van der Waals surface area contributed by atoms with Crippen molar-refractivity contribution in [2.24, 2.45) is 0 Å². The minimum Gasteiger partial charge on any atom is -0.497 e. The topological polar surface area (TPSA) is 75.6 Å². The molecule has 1 rings (SSSR count). The van der Waals surface area contributed by atoms with E-state index in [-0.39, 0.29) is 5.69 Å². The molecule has 6 heteroatoms. The number of ether oxygens (including phenoxy) is 1. The zero-order chi connectivity index (χ0) is 9.90. The van der Waals surface area contributed by atoms with Gasteiger partial charge in [0.25, 0.3) is 0 Å². The maximum atomic E-state index is 10.4. The largest absolute Gasteiger partial charge is 0.497 e. The van der Waals surface area contributed by atoms with E-state index in [0.29, 0.717) is 5.75 Å². The van der Waals surface area contributed by atoms with Crippen molar-refractivity contribution in [3.63, 3.8) is 0 Å². The van der Waals surface area contributed by atoms with Gasteiger partial charge in [-0.05, 0) is 24.3 Å². The van der Waals surface area contributed by atoms with Crippen molar-refractivity contribution in [2.45, 2.75) is 0 Å². The van der Waals surface area contributed by atoms with Gasteiger partial charge in [-0.2, -0.15) is 8.42 Å². The molecule has 1 aromatic carbocycles. The summed E-state index contributed by atoms with van der Waals surface area (Å²) in [6.07, 6.45) is 0. The quantitative estimate of drug-likeness (QED) is 0.716. The SMILES string of the molecule is COc1ccc(NS(=O)(=O)O)cc1. The molecule has 0 aliphatic heterocycles. The molecule has 13 heavy (non-hydrogen) atoms. The summed E-state index contributed by atoms with van der Waals surface area (Å²) in [5.41, 5.74) is 0.281. The molecule has 1 aromatic rings. The Morgan fingerprint density at radius 3 is 2.23 bits per heavy atom. The summed E-state index contributed by atoms with van der Waals surface area (Å²) in [6.45, 7) is 0. The van der Waals surface area contributed by atoms with Crippen molar-refractivity contribution >= 4 is 16.0 Å². The lowest BCUT2D eigenvalue weighted by atomic mass is 10.3. The van der Waals surface area contributed by atoms with E-state index in [9.17, 15) is 8.42 Å². The average molecular weight is 203 g/mol. The third-order valence-electron chi connectivity index (χ3n) is 1.34. The van der Waals surface area contributed by atoms with Crippen molar-refractivity contribution < 1.29 is 17.7 Å². The first kappa shape index (κ1) is 9.82. The highest BCUT2D eigenvalue weighted by Gasteiger charge is 2.02. The Hall–Kier alpha value is -1.27. The lowest BCUT2D eigenvalue weighted by molar-refractivity contribution is 0.415. The molecule has 0 atom stereocenters. The van der Waals surface area contributed by atoms with Crippen LogP contribution in [0.15, 0.2) is 24.3 Å². The van der Waals surface area contributed by atoms with Gasteiger partial charge in [-0.15, -0.1) is 0 Å². The summed E-state index contributed by atoms with van der Waals surface area (Å²) in [4.78, 5) is 0. The van der Waals surface area contributed by atoms with Crippen LogP contribution in [0.25, 0.3) is 0 Å². The van der Waals surface area contributed by atoms with Crippen LogP contribution in [0.5, 0.6) is 5.75 Å². The van der Waals surface area contributed by atoms with Crippen LogP contribution in [0, 0.1) is 0 Å². The van der Waals surface area contributed by atoms with Crippen molar-refractivity contribution in [1.29, 1.82) is 0 Å². The third-order valence-corrected chi connectivity index (χ3v) is 1.83. The zero-order valence-corrected chi connectivity index (χ0v) is 7.71. The van der Waals surface area contributed by atoms with Gasteiger partial charge >= 0.3 is 10.3 Å². The van der Waals surface area contributed by atoms with Crippen LogP contribution in [-0.4, -0.2) is 20.1 Å². The van der Waals surface area contributed by atoms with Crippen LogP contribution in [0.4, 0.5) is 5.69 Å². The minimum atomic E-state index is -4.19. The molecule has 72 valence electrons. The Balaban J connectivity index is 2.81. The van der Waals surface area contributed by atoms with E-state index in [2.05, 4.69) is 0 Å². The predicted octanol–water partition coefficient (Wildman–Crippen LogP) is 0.910. The molecule has 0 heterocycles. The maximum absolute atomic E-state index is 10.4. The second kappa shape index (κ2) is 3.63. The van der Waals surface area contributed by atoms with Crippen LogP contribution >= 0.6 is 0 Å². The first-order valence-electron chi connectivity index (χ1n) is 3.40. The Kier molecular flexibility index (Phi) is 2.74. The number of nitrogens with one attached hydrogen (secondary N) is 1. The van der Waals surface area contributed by atoms with E-state index in [0.717, 1.165) is 0 Å². The highest BCUT2D eigenvalue weighted by Crippen LogP contribution is 2.15. The molecular formula is C7H9NO4S. The lowest BCUT2D eigenvalue weighted by Gasteiger charge is -2.03. The molecule has 0 saturated heterocycles. The summed E-state index contributed by atoms with van der Waals surface area (Å²) in [7, 11) is -2.68. The number of rotatable bonds is 3.